The highest BCUT2D eigenvalue weighted by Crippen LogP contribution is 2.05. The zero-order valence-electron chi connectivity index (χ0n) is 10.3. The quantitative estimate of drug-likeness (QED) is 0.717. The van der Waals surface area contributed by atoms with E-state index in [1.54, 1.807) is 0 Å². The maximum atomic E-state index is 4.02. The van der Waals surface area contributed by atoms with Crippen LogP contribution in [0.1, 0.15) is 20.8 Å². The molecule has 1 aliphatic rings. The van der Waals surface area contributed by atoms with Gasteiger partial charge in [0.15, 0.2) is 0 Å². The molecule has 0 aliphatic carbocycles. The molecule has 0 amide bonds. The topological polar surface area (TPSA) is 15.3 Å². The first-order valence-electron chi connectivity index (χ1n) is 5.68. The first kappa shape index (κ1) is 14.0. The average Bonchev–Trinajstić information content (AvgIpc) is 2.30. The summed E-state index contributed by atoms with van der Waals surface area (Å²) in [5, 5.41) is 3.31. The van der Waals surface area contributed by atoms with Gasteiger partial charge in [0.05, 0.1) is 0 Å². The summed E-state index contributed by atoms with van der Waals surface area (Å²) in [4.78, 5) is 2.29. The van der Waals surface area contributed by atoms with Crippen molar-refractivity contribution in [3.63, 3.8) is 0 Å². The van der Waals surface area contributed by atoms with Gasteiger partial charge in [-0.3, -0.25) is 0 Å². The fourth-order valence-corrected chi connectivity index (χ4v) is 1.30. The van der Waals surface area contributed by atoms with Gasteiger partial charge in [-0.2, -0.15) is 0 Å². The number of rotatable bonds is 3. The molecule has 15 heavy (non-hydrogen) atoms. The van der Waals surface area contributed by atoms with E-state index in [0.717, 1.165) is 37.4 Å². The largest absolute Gasteiger partial charge is 0.369 e. The molecule has 1 saturated heterocycles. The summed E-state index contributed by atoms with van der Waals surface area (Å²) in [5.41, 5.74) is 2.15. The van der Waals surface area contributed by atoms with Gasteiger partial charge in [0.25, 0.3) is 0 Å². The molecule has 1 aliphatic heterocycles. The van der Waals surface area contributed by atoms with Crippen LogP contribution in [0.3, 0.4) is 0 Å². The Balaban J connectivity index is 0.000000921. The predicted octanol–water partition coefficient (Wildman–Crippen LogP) is 2.56. The minimum absolute atomic E-state index is 1.05. The Kier molecular flexibility index (Phi) is 7.74. The molecular weight excluding hydrogens is 184 g/mol. The Hall–Kier alpha value is -1.02. The highest BCUT2D eigenvalue weighted by atomic mass is 15.2. The fraction of sp³-hybridized carbons (Fsp3) is 0.538. The van der Waals surface area contributed by atoms with Crippen molar-refractivity contribution in [3.05, 3.63) is 36.6 Å². The molecule has 2 nitrogen and oxygen atoms in total. The Morgan fingerprint density at radius 2 is 1.67 bits per heavy atom. The zero-order chi connectivity index (χ0) is 11.7. The Bertz CT molecular complexity index is 223. The minimum atomic E-state index is 1.05. The lowest BCUT2D eigenvalue weighted by molar-refractivity contribution is 0.308. The molecule has 0 spiro atoms. The molecule has 0 aromatic carbocycles. The summed E-state index contributed by atoms with van der Waals surface area (Å²) in [6.45, 7) is 18.0. The Labute approximate surface area is 94.4 Å². The van der Waals surface area contributed by atoms with Gasteiger partial charge in [0, 0.05) is 31.9 Å². The van der Waals surface area contributed by atoms with Crippen molar-refractivity contribution in [2.24, 2.45) is 0 Å². The van der Waals surface area contributed by atoms with E-state index in [0.29, 0.717) is 0 Å². The van der Waals surface area contributed by atoms with Crippen LogP contribution in [0, 0.1) is 0 Å². The highest BCUT2D eigenvalue weighted by molar-refractivity contribution is 5.22. The molecule has 0 bridgehead atoms. The summed E-state index contributed by atoms with van der Waals surface area (Å²) in [6, 6.07) is 0. The number of allylic oxidation sites excluding steroid dienone is 3. The van der Waals surface area contributed by atoms with Gasteiger partial charge in [0.1, 0.15) is 0 Å². The van der Waals surface area contributed by atoms with Crippen LogP contribution in [-0.2, 0) is 0 Å². The van der Waals surface area contributed by atoms with Gasteiger partial charge in [-0.25, -0.2) is 0 Å². The summed E-state index contributed by atoms with van der Waals surface area (Å²) in [5.74, 6) is 0. The van der Waals surface area contributed by atoms with Gasteiger partial charge in [-0.1, -0.05) is 38.7 Å². The molecule has 1 fully saturated rings. The van der Waals surface area contributed by atoms with Crippen LogP contribution >= 0.6 is 0 Å². The zero-order valence-corrected chi connectivity index (χ0v) is 10.3. The molecule has 1 heterocycles. The van der Waals surface area contributed by atoms with E-state index >= 15 is 0 Å². The van der Waals surface area contributed by atoms with E-state index in [9.17, 15) is 0 Å². The Morgan fingerprint density at radius 3 is 2.13 bits per heavy atom. The second-order valence-corrected chi connectivity index (χ2v) is 3.41. The second-order valence-electron chi connectivity index (χ2n) is 3.41. The van der Waals surface area contributed by atoms with E-state index < -0.39 is 0 Å². The maximum absolute atomic E-state index is 4.02. The normalized spacial score (nSPS) is 15.8. The summed E-state index contributed by atoms with van der Waals surface area (Å²) in [6.07, 6.45) is 4.04. The van der Waals surface area contributed by atoms with Crippen LogP contribution in [0.5, 0.6) is 0 Å². The first-order valence-corrected chi connectivity index (χ1v) is 5.68. The molecule has 0 atom stereocenters. The van der Waals surface area contributed by atoms with Crippen LogP contribution < -0.4 is 5.32 Å². The SMILES string of the molecule is C=C(C)/C=C\C(=C)N1CCNCC1.CC. The fourth-order valence-electron chi connectivity index (χ4n) is 1.30. The third-order valence-electron chi connectivity index (χ3n) is 2.08. The minimum Gasteiger partial charge on any atom is -0.369 e. The van der Waals surface area contributed by atoms with Crippen LogP contribution in [-0.4, -0.2) is 31.1 Å². The van der Waals surface area contributed by atoms with E-state index in [2.05, 4.69) is 23.4 Å². The van der Waals surface area contributed by atoms with Crippen molar-refractivity contribution in [3.8, 4) is 0 Å². The monoisotopic (exact) mass is 208 g/mol. The molecule has 0 saturated carbocycles. The second kappa shape index (κ2) is 8.30. The highest BCUT2D eigenvalue weighted by Gasteiger charge is 2.08. The molecule has 0 aromatic heterocycles. The summed E-state index contributed by atoms with van der Waals surface area (Å²) in [7, 11) is 0. The van der Waals surface area contributed by atoms with Crippen LogP contribution in [0.2, 0.25) is 0 Å². The molecule has 1 N–H and O–H groups in total. The average molecular weight is 208 g/mol. The predicted molar refractivity (Wildman–Crippen MR) is 68.9 cm³/mol. The van der Waals surface area contributed by atoms with E-state index in [-0.39, 0.29) is 0 Å². The third-order valence-corrected chi connectivity index (χ3v) is 2.08. The lowest BCUT2D eigenvalue weighted by Crippen LogP contribution is -2.42. The van der Waals surface area contributed by atoms with E-state index in [1.165, 1.54) is 0 Å². The number of nitrogens with zero attached hydrogens (tertiary/aromatic N) is 1. The number of nitrogens with one attached hydrogen (secondary N) is 1. The molecule has 0 aromatic rings. The van der Waals surface area contributed by atoms with Crippen molar-refractivity contribution in [2.45, 2.75) is 20.8 Å². The van der Waals surface area contributed by atoms with Crippen LogP contribution in [0.4, 0.5) is 0 Å². The maximum Gasteiger partial charge on any atom is 0.0303 e. The first-order chi connectivity index (χ1) is 7.20. The van der Waals surface area contributed by atoms with Crippen LogP contribution in [0.25, 0.3) is 0 Å². The van der Waals surface area contributed by atoms with Crippen molar-refractivity contribution >= 4 is 0 Å². The lowest BCUT2D eigenvalue weighted by Gasteiger charge is -2.29. The smallest absolute Gasteiger partial charge is 0.0303 e. The van der Waals surface area contributed by atoms with Gasteiger partial charge >= 0.3 is 0 Å². The number of piperazine rings is 1. The molecule has 2 heteroatoms. The molecule has 1 rings (SSSR count). The van der Waals surface area contributed by atoms with E-state index in [4.69, 9.17) is 0 Å². The van der Waals surface area contributed by atoms with E-state index in [1.807, 2.05) is 32.9 Å². The number of hydrogen-bond acceptors (Lipinski definition) is 2. The van der Waals surface area contributed by atoms with Crippen molar-refractivity contribution in [2.75, 3.05) is 26.2 Å². The summed E-state index contributed by atoms with van der Waals surface area (Å²) >= 11 is 0. The van der Waals surface area contributed by atoms with Crippen molar-refractivity contribution in [1.29, 1.82) is 0 Å². The van der Waals surface area contributed by atoms with Crippen molar-refractivity contribution < 1.29 is 0 Å². The standard InChI is InChI=1S/C11H18N2.C2H6/c1-10(2)4-5-11(3)13-8-6-12-7-9-13;1-2/h4-5,12H,1,3,6-9H2,2H3;1-2H3/b5-4-;. The number of hydrogen-bond donors (Lipinski definition) is 1. The van der Waals surface area contributed by atoms with Gasteiger partial charge in [0.2, 0.25) is 0 Å². The Morgan fingerprint density at radius 1 is 1.13 bits per heavy atom. The van der Waals surface area contributed by atoms with Gasteiger partial charge in [-0.15, -0.1) is 0 Å². The molecular formula is C13H24N2. The molecule has 0 radical (unpaired) electrons. The van der Waals surface area contributed by atoms with Crippen molar-refractivity contribution in [1.82, 2.24) is 10.2 Å². The molecule has 0 unspecified atom stereocenters. The third kappa shape index (κ3) is 6.13. The molecule has 86 valence electrons. The van der Waals surface area contributed by atoms with Gasteiger partial charge in [-0.05, 0) is 13.0 Å². The van der Waals surface area contributed by atoms with Crippen LogP contribution in [0.15, 0.2) is 36.6 Å². The summed E-state index contributed by atoms with van der Waals surface area (Å²) < 4.78 is 0. The lowest BCUT2D eigenvalue weighted by atomic mass is 10.2. The van der Waals surface area contributed by atoms with Gasteiger partial charge < -0.3 is 10.2 Å².